The van der Waals surface area contributed by atoms with Crippen LogP contribution >= 0.6 is 15.9 Å². The quantitative estimate of drug-likeness (QED) is 0.699. The summed E-state index contributed by atoms with van der Waals surface area (Å²) in [7, 11) is 0. The Morgan fingerprint density at radius 2 is 1.90 bits per heavy atom. The normalized spacial score (nSPS) is 11.5. The first-order chi connectivity index (χ1) is 9.81. The summed E-state index contributed by atoms with van der Waals surface area (Å²) >= 11 is 3.52. The van der Waals surface area contributed by atoms with Crippen LogP contribution < -0.4 is 4.74 Å². The number of aromatic nitrogens is 1. The second-order valence-corrected chi connectivity index (χ2v) is 7.19. The molecule has 3 heteroatoms. The van der Waals surface area contributed by atoms with E-state index in [9.17, 15) is 0 Å². The lowest BCUT2D eigenvalue weighted by atomic mass is 9.85. The maximum atomic E-state index is 6.06. The molecule has 2 nitrogen and oxygen atoms in total. The fraction of sp³-hybridized carbons (Fsp3) is 0.389. The van der Waals surface area contributed by atoms with Gasteiger partial charge in [0.2, 0.25) is 5.88 Å². The number of rotatable bonds is 3. The maximum absolute atomic E-state index is 6.06. The lowest BCUT2D eigenvalue weighted by Crippen LogP contribution is -2.13. The largest absolute Gasteiger partial charge is 0.438 e. The van der Waals surface area contributed by atoms with Crippen molar-refractivity contribution in [2.75, 3.05) is 0 Å². The van der Waals surface area contributed by atoms with Gasteiger partial charge >= 0.3 is 0 Å². The first-order valence-electron chi connectivity index (χ1n) is 7.24. The molecule has 0 aliphatic rings. The number of aryl methyl sites for hydroxylation is 2. The van der Waals surface area contributed by atoms with Crippen molar-refractivity contribution in [2.24, 2.45) is 0 Å². The minimum absolute atomic E-state index is 0.0255. The number of benzene rings is 1. The van der Waals surface area contributed by atoms with E-state index in [-0.39, 0.29) is 5.41 Å². The molecule has 0 bridgehead atoms. The predicted octanol–water partition coefficient (Wildman–Crippen LogP) is 5.80. The molecule has 0 saturated carbocycles. The van der Waals surface area contributed by atoms with Crippen LogP contribution in [-0.4, -0.2) is 4.98 Å². The third-order valence-electron chi connectivity index (χ3n) is 3.41. The molecular formula is C18H22BrNO. The van der Waals surface area contributed by atoms with Crippen LogP contribution in [0.5, 0.6) is 11.6 Å². The van der Waals surface area contributed by atoms with Crippen LogP contribution in [0.2, 0.25) is 0 Å². The molecule has 0 amide bonds. The van der Waals surface area contributed by atoms with Crippen LogP contribution in [-0.2, 0) is 11.8 Å². The summed E-state index contributed by atoms with van der Waals surface area (Å²) in [5.41, 5.74) is 3.66. The Balaban J connectivity index is 2.44. The average molecular weight is 348 g/mol. The molecule has 112 valence electrons. The summed E-state index contributed by atoms with van der Waals surface area (Å²) < 4.78 is 6.94. The van der Waals surface area contributed by atoms with Gasteiger partial charge in [-0.3, -0.25) is 0 Å². The van der Waals surface area contributed by atoms with E-state index in [1.807, 2.05) is 25.3 Å². The van der Waals surface area contributed by atoms with Gasteiger partial charge in [-0.2, -0.15) is 0 Å². The SMILES string of the molecule is CCc1ccc(Oc2ncc(C)cc2Br)c(C(C)(C)C)c1. The summed E-state index contributed by atoms with van der Waals surface area (Å²) in [6, 6.07) is 8.41. The van der Waals surface area contributed by atoms with Crippen LogP contribution in [0, 0.1) is 6.92 Å². The van der Waals surface area contributed by atoms with E-state index >= 15 is 0 Å². The minimum atomic E-state index is 0.0255. The fourth-order valence-electron chi connectivity index (χ4n) is 2.17. The Morgan fingerprint density at radius 3 is 2.48 bits per heavy atom. The van der Waals surface area contributed by atoms with E-state index in [4.69, 9.17) is 4.74 Å². The Morgan fingerprint density at radius 1 is 1.19 bits per heavy atom. The van der Waals surface area contributed by atoms with Crippen molar-refractivity contribution in [3.8, 4) is 11.6 Å². The number of hydrogen-bond donors (Lipinski definition) is 0. The third-order valence-corrected chi connectivity index (χ3v) is 3.98. The second-order valence-electron chi connectivity index (χ2n) is 6.34. The van der Waals surface area contributed by atoms with E-state index in [2.05, 4.69) is 60.7 Å². The lowest BCUT2D eigenvalue weighted by molar-refractivity contribution is 0.436. The molecule has 0 aliphatic heterocycles. The zero-order valence-corrected chi connectivity index (χ0v) is 14.9. The fourth-order valence-corrected chi connectivity index (χ4v) is 2.72. The van der Waals surface area contributed by atoms with Crippen molar-refractivity contribution >= 4 is 15.9 Å². The number of ether oxygens (including phenoxy) is 1. The topological polar surface area (TPSA) is 22.1 Å². The van der Waals surface area contributed by atoms with Crippen molar-refractivity contribution in [1.82, 2.24) is 4.98 Å². The summed E-state index contributed by atoms with van der Waals surface area (Å²) in [4.78, 5) is 4.37. The Bertz CT molecular complexity index is 644. The van der Waals surface area contributed by atoms with Gasteiger partial charge in [-0.05, 0) is 57.9 Å². The van der Waals surface area contributed by atoms with E-state index in [0.717, 1.165) is 22.2 Å². The summed E-state index contributed by atoms with van der Waals surface area (Å²) in [5.74, 6) is 1.48. The van der Waals surface area contributed by atoms with E-state index < -0.39 is 0 Å². The molecular weight excluding hydrogens is 326 g/mol. The molecule has 1 heterocycles. The summed E-state index contributed by atoms with van der Waals surface area (Å²) in [6.07, 6.45) is 2.84. The molecule has 0 aliphatic carbocycles. The molecule has 2 rings (SSSR count). The highest BCUT2D eigenvalue weighted by molar-refractivity contribution is 9.10. The monoisotopic (exact) mass is 347 g/mol. The van der Waals surface area contributed by atoms with Gasteiger partial charge in [-0.25, -0.2) is 4.98 Å². The standard InChI is InChI=1S/C18H22BrNO/c1-6-13-7-8-16(14(10-13)18(3,4)5)21-17-15(19)9-12(2)11-20-17/h7-11H,6H2,1-5H3. The number of pyridine rings is 1. The molecule has 0 fully saturated rings. The smallest absolute Gasteiger partial charge is 0.233 e. The number of hydrogen-bond acceptors (Lipinski definition) is 2. The molecule has 21 heavy (non-hydrogen) atoms. The van der Waals surface area contributed by atoms with Crippen LogP contribution in [0.25, 0.3) is 0 Å². The van der Waals surface area contributed by atoms with Gasteiger partial charge < -0.3 is 4.74 Å². The van der Waals surface area contributed by atoms with Crippen molar-refractivity contribution in [2.45, 2.75) is 46.5 Å². The van der Waals surface area contributed by atoms with Gasteiger partial charge in [-0.1, -0.05) is 39.8 Å². The molecule has 1 aromatic heterocycles. The number of nitrogens with zero attached hydrogens (tertiary/aromatic N) is 1. The van der Waals surface area contributed by atoms with E-state index in [1.165, 1.54) is 11.1 Å². The Labute approximate surface area is 135 Å². The highest BCUT2D eigenvalue weighted by Gasteiger charge is 2.20. The van der Waals surface area contributed by atoms with Gasteiger partial charge in [0, 0.05) is 11.8 Å². The predicted molar refractivity (Wildman–Crippen MR) is 91.3 cm³/mol. The van der Waals surface area contributed by atoms with Crippen LogP contribution in [0.15, 0.2) is 34.9 Å². The van der Waals surface area contributed by atoms with Crippen LogP contribution in [0.1, 0.15) is 44.4 Å². The summed E-state index contributed by atoms with van der Waals surface area (Å²) in [6.45, 7) is 10.8. The molecule has 0 atom stereocenters. The molecule has 2 aromatic rings. The van der Waals surface area contributed by atoms with Gasteiger partial charge in [0.15, 0.2) is 0 Å². The molecule has 0 N–H and O–H groups in total. The number of halogens is 1. The first-order valence-corrected chi connectivity index (χ1v) is 8.04. The van der Waals surface area contributed by atoms with Crippen molar-refractivity contribution in [3.05, 3.63) is 51.6 Å². The van der Waals surface area contributed by atoms with E-state index in [0.29, 0.717) is 5.88 Å². The second kappa shape index (κ2) is 6.18. The molecule has 0 unspecified atom stereocenters. The maximum Gasteiger partial charge on any atom is 0.233 e. The van der Waals surface area contributed by atoms with Gasteiger partial charge in [0.1, 0.15) is 5.75 Å². The van der Waals surface area contributed by atoms with Gasteiger partial charge in [0.25, 0.3) is 0 Å². The zero-order chi connectivity index (χ0) is 15.6. The van der Waals surface area contributed by atoms with Gasteiger partial charge in [-0.15, -0.1) is 0 Å². The Hall–Kier alpha value is -1.35. The summed E-state index contributed by atoms with van der Waals surface area (Å²) in [5, 5.41) is 0. The Kier molecular flexibility index (Phi) is 4.72. The molecule has 1 aromatic carbocycles. The zero-order valence-electron chi connectivity index (χ0n) is 13.3. The third kappa shape index (κ3) is 3.85. The van der Waals surface area contributed by atoms with Crippen molar-refractivity contribution < 1.29 is 4.74 Å². The average Bonchev–Trinajstić information content (AvgIpc) is 2.41. The van der Waals surface area contributed by atoms with Crippen LogP contribution in [0.3, 0.4) is 0 Å². The van der Waals surface area contributed by atoms with Gasteiger partial charge in [0.05, 0.1) is 4.47 Å². The molecule has 0 radical (unpaired) electrons. The molecule has 0 spiro atoms. The first kappa shape index (κ1) is 16.0. The van der Waals surface area contributed by atoms with Crippen molar-refractivity contribution in [1.29, 1.82) is 0 Å². The lowest BCUT2D eigenvalue weighted by Gasteiger charge is -2.23. The van der Waals surface area contributed by atoms with Crippen molar-refractivity contribution in [3.63, 3.8) is 0 Å². The highest BCUT2D eigenvalue weighted by atomic mass is 79.9. The highest BCUT2D eigenvalue weighted by Crippen LogP contribution is 2.36. The minimum Gasteiger partial charge on any atom is -0.438 e. The van der Waals surface area contributed by atoms with E-state index in [1.54, 1.807) is 0 Å². The van der Waals surface area contributed by atoms with Crippen LogP contribution in [0.4, 0.5) is 0 Å². The molecule has 0 saturated heterocycles.